The highest BCUT2D eigenvalue weighted by molar-refractivity contribution is 9.11. The molecule has 0 bridgehead atoms. The number of nitrogens with zero attached hydrogens (tertiary/aromatic N) is 2. The molecule has 4 rings (SSSR count). The molecule has 0 saturated heterocycles. The van der Waals surface area contributed by atoms with Gasteiger partial charge in [0.2, 0.25) is 5.89 Å². The Morgan fingerprint density at radius 2 is 1.73 bits per heavy atom. The van der Waals surface area contributed by atoms with Gasteiger partial charge in [-0.05, 0) is 48.5 Å². The van der Waals surface area contributed by atoms with Crippen LogP contribution in [0.2, 0.25) is 0 Å². The second-order valence-corrected chi connectivity index (χ2v) is 7.48. The maximum atomic E-state index is 9.81. The lowest BCUT2D eigenvalue weighted by Gasteiger charge is -1.98. The van der Waals surface area contributed by atoms with Crippen LogP contribution in [-0.4, -0.2) is 16.3 Å². The number of aliphatic imine (C=N–C) groups is 1. The molecule has 0 aliphatic rings. The number of hydrogen-bond acceptors (Lipinski definition) is 4. The van der Waals surface area contributed by atoms with Crippen molar-refractivity contribution in [2.45, 2.75) is 0 Å². The van der Waals surface area contributed by atoms with Crippen molar-refractivity contribution >= 4 is 54.9 Å². The van der Waals surface area contributed by atoms with Crippen LogP contribution in [0.25, 0.3) is 22.6 Å². The summed E-state index contributed by atoms with van der Waals surface area (Å²) in [5.74, 6) is 0.741. The number of fused-ring (bicyclic) bond motifs is 1. The fourth-order valence-corrected chi connectivity index (χ4v) is 3.83. The van der Waals surface area contributed by atoms with Crippen LogP contribution in [-0.2, 0) is 0 Å². The van der Waals surface area contributed by atoms with E-state index in [0.29, 0.717) is 17.0 Å². The lowest BCUT2D eigenvalue weighted by Crippen LogP contribution is -1.80. The number of hydrogen-bond donors (Lipinski definition) is 1. The van der Waals surface area contributed by atoms with Crippen molar-refractivity contribution in [1.29, 1.82) is 0 Å². The van der Waals surface area contributed by atoms with Crippen molar-refractivity contribution in [2.24, 2.45) is 4.99 Å². The fraction of sp³-hybridized carbons (Fsp3) is 0. The molecule has 0 aliphatic carbocycles. The van der Waals surface area contributed by atoms with Gasteiger partial charge < -0.3 is 9.52 Å². The first kappa shape index (κ1) is 17.0. The van der Waals surface area contributed by atoms with Gasteiger partial charge in [0.05, 0.1) is 5.69 Å². The average molecular weight is 472 g/mol. The first-order chi connectivity index (χ1) is 12.6. The lowest BCUT2D eigenvalue weighted by molar-refractivity contribution is 0.474. The maximum absolute atomic E-state index is 9.81. The predicted octanol–water partition coefficient (Wildman–Crippen LogP) is 6.48. The quantitative estimate of drug-likeness (QED) is 0.348. The van der Waals surface area contributed by atoms with E-state index in [9.17, 15) is 5.11 Å². The summed E-state index contributed by atoms with van der Waals surface area (Å²) in [5.41, 5.74) is 3.69. The van der Waals surface area contributed by atoms with Crippen molar-refractivity contribution < 1.29 is 9.52 Å². The molecular weight excluding hydrogens is 460 g/mol. The topological polar surface area (TPSA) is 58.6 Å². The molecule has 128 valence electrons. The third-order valence-corrected chi connectivity index (χ3v) is 4.69. The van der Waals surface area contributed by atoms with Crippen LogP contribution in [0.5, 0.6) is 5.75 Å². The van der Waals surface area contributed by atoms with Gasteiger partial charge in [-0.15, -0.1) is 0 Å². The third kappa shape index (κ3) is 3.57. The van der Waals surface area contributed by atoms with Crippen LogP contribution in [0, 0.1) is 0 Å². The Hall–Kier alpha value is -2.44. The van der Waals surface area contributed by atoms with Crippen LogP contribution < -0.4 is 0 Å². The van der Waals surface area contributed by atoms with Gasteiger partial charge in [-0.3, -0.25) is 4.99 Å². The van der Waals surface area contributed by atoms with E-state index in [1.54, 1.807) is 24.4 Å². The molecule has 0 atom stereocenters. The summed E-state index contributed by atoms with van der Waals surface area (Å²) in [5, 5.41) is 9.81. The highest BCUT2D eigenvalue weighted by Crippen LogP contribution is 2.31. The van der Waals surface area contributed by atoms with E-state index in [1.807, 2.05) is 42.5 Å². The Labute approximate surface area is 166 Å². The van der Waals surface area contributed by atoms with E-state index in [0.717, 1.165) is 25.7 Å². The summed E-state index contributed by atoms with van der Waals surface area (Å²) in [6, 6.07) is 18.5. The van der Waals surface area contributed by atoms with Crippen molar-refractivity contribution in [2.75, 3.05) is 0 Å². The zero-order chi connectivity index (χ0) is 18.1. The van der Waals surface area contributed by atoms with Crippen molar-refractivity contribution in [3.05, 3.63) is 75.2 Å². The Balaban J connectivity index is 1.69. The van der Waals surface area contributed by atoms with Gasteiger partial charge in [-0.25, -0.2) is 4.98 Å². The molecule has 6 heteroatoms. The highest BCUT2D eigenvalue weighted by atomic mass is 79.9. The van der Waals surface area contributed by atoms with Crippen LogP contribution in [0.1, 0.15) is 5.56 Å². The predicted molar refractivity (Wildman–Crippen MR) is 110 cm³/mol. The number of phenolic OH excluding ortho intramolecular Hbond substituents is 1. The Morgan fingerprint density at radius 3 is 2.50 bits per heavy atom. The van der Waals surface area contributed by atoms with E-state index >= 15 is 0 Å². The molecule has 0 amide bonds. The molecule has 0 fully saturated rings. The summed E-state index contributed by atoms with van der Waals surface area (Å²) in [6.45, 7) is 0. The minimum Gasteiger partial charge on any atom is -0.507 e. The number of halogens is 2. The van der Waals surface area contributed by atoms with Crippen LogP contribution in [0.15, 0.2) is 79.0 Å². The van der Waals surface area contributed by atoms with Crippen molar-refractivity contribution in [3.8, 4) is 17.2 Å². The molecule has 0 unspecified atom stereocenters. The van der Waals surface area contributed by atoms with E-state index < -0.39 is 0 Å². The number of para-hydroxylation sites is 1. The SMILES string of the molecule is Oc1ccccc1C=Nc1ccc2oc(-c3cc(Br)cc(Br)c3)nc2c1. The minimum atomic E-state index is 0.196. The van der Waals surface area contributed by atoms with E-state index in [-0.39, 0.29) is 5.75 Å². The molecule has 3 aromatic carbocycles. The van der Waals surface area contributed by atoms with Gasteiger partial charge in [0.25, 0.3) is 0 Å². The second-order valence-electron chi connectivity index (χ2n) is 5.65. The molecule has 0 aliphatic heterocycles. The van der Waals surface area contributed by atoms with Crippen molar-refractivity contribution in [1.82, 2.24) is 4.98 Å². The molecule has 1 heterocycles. The Bertz CT molecular complexity index is 1120. The van der Waals surface area contributed by atoms with Gasteiger partial charge in [-0.2, -0.15) is 0 Å². The maximum Gasteiger partial charge on any atom is 0.227 e. The molecule has 0 radical (unpaired) electrons. The summed E-state index contributed by atoms with van der Waals surface area (Å²) in [4.78, 5) is 8.98. The molecule has 0 saturated carbocycles. The van der Waals surface area contributed by atoms with Gasteiger partial charge >= 0.3 is 0 Å². The van der Waals surface area contributed by atoms with E-state index in [4.69, 9.17) is 4.42 Å². The molecule has 1 aromatic heterocycles. The third-order valence-electron chi connectivity index (χ3n) is 3.77. The normalized spacial score (nSPS) is 11.5. The minimum absolute atomic E-state index is 0.196. The summed E-state index contributed by atoms with van der Waals surface area (Å²) >= 11 is 6.95. The second kappa shape index (κ2) is 7.05. The molecule has 1 N–H and O–H groups in total. The molecule has 26 heavy (non-hydrogen) atoms. The first-order valence-corrected chi connectivity index (χ1v) is 9.36. The summed E-state index contributed by atoms with van der Waals surface area (Å²) in [7, 11) is 0. The number of aromatic hydroxyl groups is 1. The average Bonchev–Trinajstić information content (AvgIpc) is 3.03. The number of oxazole rings is 1. The zero-order valence-electron chi connectivity index (χ0n) is 13.4. The molecular formula is C20H12Br2N2O2. The van der Waals surface area contributed by atoms with Gasteiger partial charge in [0, 0.05) is 26.3 Å². The molecule has 4 aromatic rings. The number of aromatic nitrogens is 1. The van der Waals surface area contributed by atoms with Crippen molar-refractivity contribution in [3.63, 3.8) is 0 Å². The van der Waals surface area contributed by atoms with Gasteiger partial charge in [0.15, 0.2) is 5.58 Å². The monoisotopic (exact) mass is 470 g/mol. The van der Waals surface area contributed by atoms with E-state index in [1.165, 1.54) is 0 Å². The molecule has 0 spiro atoms. The first-order valence-electron chi connectivity index (χ1n) is 7.77. The fourth-order valence-electron chi connectivity index (χ4n) is 2.54. The Kier molecular flexibility index (Phi) is 4.61. The summed E-state index contributed by atoms with van der Waals surface area (Å²) < 4.78 is 7.74. The van der Waals surface area contributed by atoms with Crippen LogP contribution >= 0.6 is 31.9 Å². The Morgan fingerprint density at radius 1 is 0.962 bits per heavy atom. The zero-order valence-corrected chi connectivity index (χ0v) is 16.5. The van der Waals surface area contributed by atoms with Gasteiger partial charge in [0.1, 0.15) is 11.3 Å². The smallest absolute Gasteiger partial charge is 0.227 e. The standard InChI is InChI=1S/C20H12Br2N2O2/c21-14-7-13(8-15(22)9-14)20-24-17-10-16(5-6-19(17)26-20)23-11-12-3-1-2-4-18(12)25/h1-11,25H. The van der Waals surface area contributed by atoms with E-state index in [2.05, 4.69) is 41.8 Å². The number of rotatable bonds is 3. The van der Waals surface area contributed by atoms with Crippen LogP contribution in [0.4, 0.5) is 5.69 Å². The molecule has 4 nitrogen and oxygen atoms in total. The van der Waals surface area contributed by atoms with Crippen LogP contribution in [0.3, 0.4) is 0 Å². The largest absolute Gasteiger partial charge is 0.507 e. The number of phenols is 1. The summed E-state index contributed by atoms with van der Waals surface area (Å²) in [6.07, 6.45) is 1.63. The number of benzene rings is 3. The van der Waals surface area contributed by atoms with Gasteiger partial charge in [-0.1, -0.05) is 44.0 Å². The highest BCUT2D eigenvalue weighted by Gasteiger charge is 2.10. The lowest BCUT2D eigenvalue weighted by atomic mass is 10.2.